The van der Waals surface area contributed by atoms with E-state index in [1.165, 1.54) is 36.4 Å². The molecule has 0 aliphatic carbocycles. The summed E-state index contributed by atoms with van der Waals surface area (Å²) in [7, 11) is 0. The average Bonchev–Trinajstić information content (AvgIpc) is 2.96. The molecule has 1 aromatic heterocycles. The van der Waals surface area contributed by atoms with Crippen molar-refractivity contribution in [3.05, 3.63) is 112 Å². The summed E-state index contributed by atoms with van der Waals surface area (Å²) >= 11 is 0. The number of aliphatic hydroxyl groups excluding tert-OH is 2. The molecule has 2 heterocycles. The Balaban J connectivity index is 1.50. The molecule has 1 saturated heterocycles. The Hall–Kier alpha value is -4.51. The van der Waals surface area contributed by atoms with Gasteiger partial charge in [-0.1, -0.05) is 36.4 Å². The van der Waals surface area contributed by atoms with Gasteiger partial charge in [-0.15, -0.1) is 0 Å². The van der Waals surface area contributed by atoms with Gasteiger partial charge in [-0.2, -0.15) is 0 Å². The highest BCUT2D eigenvalue weighted by Crippen LogP contribution is 2.31. The average molecular weight is 547 g/mol. The summed E-state index contributed by atoms with van der Waals surface area (Å²) in [5, 5.41) is 21.6. The van der Waals surface area contributed by atoms with Crippen molar-refractivity contribution >= 4 is 22.9 Å². The highest BCUT2D eigenvalue weighted by Gasteiger charge is 2.51. The van der Waals surface area contributed by atoms with E-state index in [1.54, 1.807) is 55.5 Å². The van der Waals surface area contributed by atoms with Gasteiger partial charge in [0, 0.05) is 17.5 Å². The normalized spacial score (nSPS) is 22.4. The Labute approximate surface area is 228 Å². The molecule has 2 N–H and O–H groups in total. The van der Waals surface area contributed by atoms with Crippen molar-refractivity contribution in [1.29, 1.82) is 0 Å². The minimum atomic E-state index is -1.57. The third-order valence-corrected chi connectivity index (χ3v) is 6.48. The lowest BCUT2D eigenvalue weighted by Crippen LogP contribution is -2.62. The number of hydrogen-bond donors (Lipinski definition) is 2. The molecule has 1 aliphatic heterocycles. The number of ether oxygens (including phenoxy) is 4. The molecule has 4 aromatic rings. The molecule has 10 nitrogen and oxygen atoms in total. The number of rotatable bonds is 7. The number of benzene rings is 3. The number of hydrogen-bond acceptors (Lipinski definition) is 10. The summed E-state index contributed by atoms with van der Waals surface area (Å²) in [5.74, 6) is -1.39. The molecular weight excluding hydrogens is 520 g/mol. The van der Waals surface area contributed by atoms with Crippen LogP contribution in [-0.4, -0.2) is 59.5 Å². The van der Waals surface area contributed by atoms with Gasteiger partial charge in [-0.3, -0.25) is 0 Å². The van der Waals surface area contributed by atoms with Crippen LogP contribution in [0, 0.1) is 6.92 Å². The molecule has 1 aliphatic rings. The Bertz CT molecular complexity index is 1550. The van der Waals surface area contributed by atoms with E-state index in [4.69, 9.17) is 23.4 Å². The first-order valence-electron chi connectivity index (χ1n) is 12.5. The fourth-order valence-corrected chi connectivity index (χ4v) is 4.44. The Morgan fingerprint density at radius 3 is 2.05 bits per heavy atom. The van der Waals surface area contributed by atoms with E-state index in [-0.39, 0.29) is 22.5 Å². The quantitative estimate of drug-likeness (QED) is 0.262. The van der Waals surface area contributed by atoms with E-state index < -0.39 is 54.9 Å². The van der Waals surface area contributed by atoms with Gasteiger partial charge in [0.1, 0.15) is 23.5 Å². The lowest BCUT2D eigenvalue weighted by Gasteiger charge is -2.42. The van der Waals surface area contributed by atoms with Gasteiger partial charge >= 0.3 is 17.6 Å². The molecule has 3 aromatic carbocycles. The second-order valence-corrected chi connectivity index (χ2v) is 9.21. The van der Waals surface area contributed by atoms with Gasteiger partial charge in [0.05, 0.1) is 17.7 Å². The van der Waals surface area contributed by atoms with Crippen molar-refractivity contribution in [2.75, 3.05) is 6.61 Å². The second-order valence-electron chi connectivity index (χ2n) is 9.21. The minimum Gasteiger partial charge on any atom is -0.461 e. The van der Waals surface area contributed by atoms with Crippen LogP contribution in [0.4, 0.5) is 0 Å². The van der Waals surface area contributed by atoms with E-state index in [0.29, 0.717) is 10.9 Å². The molecule has 5 atom stereocenters. The lowest BCUT2D eigenvalue weighted by molar-refractivity contribution is -0.276. The zero-order valence-electron chi connectivity index (χ0n) is 21.3. The third kappa shape index (κ3) is 5.74. The maximum absolute atomic E-state index is 13.1. The van der Waals surface area contributed by atoms with Crippen molar-refractivity contribution in [3.8, 4) is 5.75 Å². The van der Waals surface area contributed by atoms with Crippen LogP contribution in [0.15, 0.2) is 94.1 Å². The topological polar surface area (TPSA) is 142 Å². The molecule has 1 fully saturated rings. The van der Waals surface area contributed by atoms with E-state index in [1.807, 2.05) is 0 Å². The number of carbonyl (C=O) groups is 2. The summed E-state index contributed by atoms with van der Waals surface area (Å²) < 4.78 is 28.5. The number of esters is 2. The van der Waals surface area contributed by atoms with Gasteiger partial charge in [-0.25, -0.2) is 14.4 Å². The molecule has 0 saturated carbocycles. The van der Waals surface area contributed by atoms with E-state index in [2.05, 4.69) is 0 Å². The number of carbonyl (C=O) groups excluding carboxylic acids is 2. The van der Waals surface area contributed by atoms with Crippen molar-refractivity contribution < 1.29 is 43.2 Å². The maximum atomic E-state index is 13.1. The predicted molar refractivity (Wildman–Crippen MR) is 141 cm³/mol. The minimum absolute atomic E-state index is 0.174. The van der Waals surface area contributed by atoms with Crippen molar-refractivity contribution in [1.82, 2.24) is 0 Å². The van der Waals surface area contributed by atoms with Crippen LogP contribution < -0.4 is 10.4 Å². The number of aryl methyl sites for hydroxylation is 1. The Kier molecular flexibility index (Phi) is 7.92. The molecule has 0 bridgehead atoms. The summed E-state index contributed by atoms with van der Waals surface area (Å²) in [6.45, 7) is 1.12. The first-order valence-corrected chi connectivity index (χ1v) is 12.5. The molecule has 5 rings (SSSR count). The zero-order chi connectivity index (χ0) is 28.2. The van der Waals surface area contributed by atoms with Crippen LogP contribution in [0.5, 0.6) is 5.75 Å². The molecule has 0 radical (unpaired) electrons. The van der Waals surface area contributed by atoms with Crippen LogP contribution in [0.25, 0.3) is 11.0 Å². The molecular formula is C30H26O10. The van der Waals surface area contributed by atoms with Gasteiger partial charge in [0.25, 0.3) is 0 Å². The number of aliphatic hydroxyl groups is 2. The first-order chi connectivity index (χ1) is 19.3. The standard InChI is InChI=1S/C30H26O10/c1-17-14-24(32)37-22-15-20(12-13-21(17)22)36-30-27(40-29(35)19-10-6-3-7-11-19)26(25(33)23(16-31)38-30)39-28(34)18-8-4-2-5-9-18/h2-15,23,25-27,30-31,33H,16H2,1H3. The molecule has 5 unspecified atom stereocenters. The van der Waals surface area contributed by atoms with Gasteiger partial charge < -0.3 is 33.6 Å². The van der Waals surface area contributed by atoms with E-state index in [9.17, 15) is 24.6 Å². The highest BCUT2D eigenvalue weighted by molar-refractivity contribution is 5.90. The third-order valence-electron chi connectivity index (χ3n) is 6.48. The fraction of sp³-hybridized carbons (Fsp3) is 0.233. The molecule has 0 amide bonds. The summed E-state index contributed by atoms with van der Waals surface area (Å²) in [6, 6.07) is 22.3. The van der Waals surface area contributed by atoms with Crippen LogP contribution in [0.2, 0.25) is 0 Å². The lowest BCUT2D eigenvalue weighted by atomic mass is 9.98. The second kappa shape index (κ2) is 11.7. The van der Waals surface area contributed by atoms with Gasteiger partial charge in [0.15, 0.2) is 6.10 Å². The fourth-order valence-electron chi connectivity index (χ4n) is 4.44. The summed E-state index contributed by atoms with van der Waals surface area (Å²) in [4.78, 5) is 37.9. The largest absolute Gasteiger partial charge is 0.461 e. The molecule has 40 heavy (non-hydrogen) atoms. The van der Waals surface area contributed by atoms with E-state index in [0.717, 1.165) is 0 Å². The monoisotopic (exact) mass is 546 g/mol. The number of fused-ring (bicyclic) bond motifs is 1. The van der Waals surface area contributed by atoms with E-state index >= 15 is 0 Å². The summed E-state index contributed by atoms with van der Waals surface area (Å²) in [6.07, 6.45) is -7.18. The predicted octanol–water partition coefficient (Wildman–Crippen LogP) is 3.01. The Morgan fingerprint density at radius 1 is 0.850 bits per heavy atom. The highest BCUT2D eigenvalue weighted by atomic mass is 16.7. The molecule has 0 spiro atoms. The van der Waals surface area contributed by atoms with Gasteiger partial charge in [0.2, 0.25) is 12.4 Å². The first kappa shape index (κ1) is 27.1. The molecule has 206 valence electrons. The SMILES string of the molecule is Cc1cc(=O)oc2cc(OC3OC(CO)C(O)C(OC(=O)c4ccccc4)C3OC(=O)c3ccccc3)ccc12. The summed E-state index contributed by atoms with van der Waals surface area (Å²) in [5.41, 5.74) is 0.824. The Morgan fingerprint density at radius 2 is 1.45 bits per heavy atom. The molecule has 10 heteroatoms. The van der Waals surface area contributed by atoms with Gasteiger partial charge in [-0.05, 0) is 48.9 Å². The van der Waals surface area contributed by atoms with Crippen LogP contribution in [0.1, 0.15) is 26.3 Å². The smallest absolute Gasteiger partial charge is 0.338 e. The van der Waals surface area contributed by atoms with Crippen molar-refractivity contribution in [2.24, 2.45) is 0 Å². The van der Waals surface area contributed by atoms with Crippen LogP contribution >= 0.6 is 0 Å². The van der Waals surface area contributed by atoms with Crippen molar-refractivity contribution in [3.63, 3.8) is 0 Å². The van der Waals surface area contributed by atoms with Crippen LogP contribution in [0.3, 0.4) is 0 Å². The maximum Gasteiger partial charge on any atom is 0.338 e. The van der Waals surface area contributed by atoms with Crippen LogP contribution in [-0.2, 0) is 14.2 Å². The van der Waals surface area contributed by atoms with Crippen molar-refractivity contribution in [2.45, 2.75) is 37.6 Å². The zero-order valence-corrected chi connectivity index (χ0v) is 21.3.